The van der Waals surface area contributed by atoms with E-state index in [1.807, 2.05) is 24.3 Å². The van der Waals surface area contributed by atoms with Crippen LogP contribution in [0.2, 0.25) is 0 Å². The predicted molar refractivity (Wildman–Crippen MR) is 103 cm³/mol. The third kappa shape index (κ3) is 4.86. The highest BCUT2D eigenvalue weighted by atomic mass is 32.1. The number of hydrogen-bond acceptors (Lipinski definition) is 3. The van der Waals surface area contributed by atoms with Crippen molar-refractivity contribution in [1.29, 1.82) is 0 Å². The maximum Gasteiger partial charge on any atom is 0.170 e. The molecule has 0 unspecified atom stereocenters. The minimum absolute atomic E-state index is 0.624. The predicted octanol–water partition coefficient (Wildman–Crippen LogP) is 3.85. The Kier molecular flexibility index (Phi) is 6.44. The number of ether oxygens (including phenoxy) is 2. The number of benzene rings is 2. The molecule has 2 aromatic rings. The molecule has 0 spiro atoms. The second-order valence-corrected chi connectivity index (χ2v) is 6.03. The molecule has 0 radical (unpaired) electrons. The molecule has 0 saturated heterocycles. The van der Waals surface area contributed by atoms with Crippen LogP contribution in [0.1, 0.15) is 16.7 Å². The lowest BCUT2D eigenvalue weighted by Gasteiger charge is -2.13. The highest BCUT2D eigenvalue weighted by molar-refractivity contribution is 7.80. The Morgan fingerprint density at radius 1 is 0.958 bits per heavy atom. The fourth-order valence-corrected chi connectivity index (χ4v) is 2.57. The molecule has 0 atom stereocenters. The molecule has 0 aliphatic rings. The summed E-state index contributed by atoms with van der Waals surface area (Å²) < 4.78 is 10.6. The summed E-state index contributed by atoms with van der Waals surface area (Å²) in [5.74, 6) is 1.48. The molecule has 0 aromatic heterocycles. The lowest BCUT2D eigenvalue weighted by molar-refractivity contribution is 0.354. The minimum Gasteiger partial charge on any atom is -0.493 e. The van der Waals surface area contributed by atoms with Crippen LogP contribution in [-0.2, 0) is 6.42 Å². The van der Waals surface area contributed by atoms with Gasteiger partial charge < -0.3 is 20.1 Å². The third-order valence-corrected chi connectivity index (χ3v) is 4.16. The van der Waals surface area contributed by atoms with E-state index in [1.165, 1.54) is 11.1 Å². The fourth-order valence-electron chi connectivity index (χ4n) is 2.35. The molecule has 2 aromatic carbocycles. The molecule has 5 heteroatoms. The van der Waals surface area contributed by atoms with Gasteiger partial charge in [0, 0.05) is 12.2 Å². The Morgan fingerprint density at radius 2 is 1.71 bits per heavy atom. The minimum atomic E-state index is 0.624. The first-order valence-corrected chi connectivity index (χ1v) is 8.27. The number of aryl methyl sites for hydroxylation is 2. The van der Waals surface area contributed by atoms with E-state index in [4.69, 9.17) is 21.7 Å². The highest BCUT2D eigenvalue weighted by Crippen LogP contribution is 2.27. The van der Waals surface area contributed by atoms with Gasteiger partial charge in [-0.15, -0.1) is 0 Å². The van der Waals surface area contributed by atoms with Gasteiger partial charge in [-0.3, -0.25) is 0 Å². The normalized spacial score (nSPS) is 10.2. The zero-order valence-electron chi connectivity index (χ0n) is 14.6. The second-order valence-electron chi connectivity index (χ2n) is 5.62. The molecule has 128 valence electrons. The van der Waals surface area contributed by atoms with E-state index >= 15 is 0 Å². The van der Waals surface area contributed by atoms with Gasteiger partial charge in [0.1, 0.15) is 0 Å². The molecule has 0 aliphatic carbocycles. The van der Waals surface area contributed by atoms with Crippen LogP contribution >= 0.6 is 12.2 Å². The maximum atomic E-state index is 5.35. The number of thiocarbonyl (C=S) groups is 1. The van der Waals surface area contributed by atoms with Gasteiger partial charge in [-0.1, -0.05) is 12.1 Å². The van der Waals surface area contributed by atoms with Crippen molar-refractivity contribution in [1.82, 2.24) is 5.32 Å². The Balaban J connectivity index is 1.85. The number of anilines is 1. The van der Waals surface area contributed by atoms with E-state index < -0.39 is 0 Å². The van der Waals surface area contributed by atoms with Crippen LogP contribution in [0.4, 0.5) is 5.69 Å². The third-order valence-electron chi connectivity index (χ3n) is 3.91. The summed E-state index contributed by atoms with van der Waals surface area (Å²) in [6, 6.07) is 12.1. The van der Waals surface area contributed by atoms with E-state index in [1.54, 1.807) is 14.2 Å². The Labute approximate surface area is 149 Å². The first kappa shape index (κ1) is 18.1. The number of nitrogens with one attached hydrogen (secondary N) is 2. The Hall–Kier alpha value is -2.27. The second kappa shape index (κ2) is 8.55. The molecule has 2 rings (SSSR count). The van der Waals surface area contributed by atoms with Crippen LogP contribution < -0.4 is 20.1 Å². The summed E-state index contributed by atoms with van der Waals surface area (Å²) in [5, 5.41) is 7.06. The highest BCUT2D eigenvalue weighted by Gasteiger charge is 2.05. The first-order valence-electron chi connectivity index (χ1n) is 7.86. The SMILES string of the molecule is COc1ccc(CCNC(=S)Nc2ccc(C)c(C)c2)cc1OC. The fraction of sp³-hybridized carbons (Fsp3) is 0.316. The largest absolute Gasteiger partial charge is 0.493 e. The lowest BCUT2D eigenvalue weighted by Crippen LogP contribution is -2.30. The number of hydrogen-bond donors (Lipinski definition) is 2. The quantitative estimate of drug-likeness (QED) is 0.779. The van der Waals surface area contributed by atoms with Crippen LogP contribution in [0.25, 0.3) is 0 Å². The van der Waals surface area contributed by atoms with Crippen molar-refractivity contribution in [3.8, 4) is 11.5 Å². The molecule has 0 fully saturated rings. The van der Waals surface area contributed by atoms with Crippen molar-refractivity contribution in [2.75, 3.05) is 26.1 Å². The standard InChI is InChI=1S/C19H24N2O2S/c1-13-5-7-16(11-14(13)2)21-19(24)20-10-9-15-6-8-17(22-3)18(12-15)23-4/h5-8,11-12H,9-10H2,1-4H3,(H2,20,21,24). The van der Waals surface area contributed by atoms with E-state index in [9.17, 15) is 0 Å². The van der Waals surface area contributed by atoms with Gasteiger partial charge in [0.15, 0.2) is 16.6 Å². The molecular weight excluding hydrogens is 320 g/mol. The van der Waals surface area contributed by atoms with Crippen molar-refractivity contribution < 1.29 is 9.47 Å². The van der Waals surface area contributed by atoms with Gasteiger partial charge in [-0.25, -0.2) is 0 Å². The molecule has 0 heterocycles. The van der Waals surface area contributed by atoms with Crippen molar-refractivity contribution in [3.63, 3.8) is 0 Å². The van der Waals surface area contributed by atoms with Crippen molar-refractivity contribution in [2.45, 2.75) is 20.3 Å². The molecule has 0 aliphatic heterocycles. The molecule has 24 heavy (non-hydrogen) atoms. The van der Waals surface area contributed by atoms with Gasteiger partial charge in [-0.05, 0) is 73.4 Å². The van der Waals surface area contributed by atoms with Crippen molar-refractivity contribution >= 4 is 23.0 Å². The smallest absolute Gasteiger partial charge is 0.170 e. The van der Waals surface area contributed by atoms with Crippen LogP contribution in [0.3, 0.4) is 0 Å². The lowest BCUT2D eigenvalue weighted by atomic mass is 10.1. The van der Waals surface area contributed by atoms with E-state index in [0.29, 0.717) is 5.11 Å². The summed E-state index contributed by atoms with van der Waals surface area (Å²) in [5.41, 5.74) is 4.68. The molecule has 0 saturated carbocycles. The Bertz CT molecular complexity index is 717. The van der Waals surface area contributed by atoms with Gasteiger partial charge in [0.05, 0.1) is 14.2 Å². The van der Waals surface area contributed by atoms with E-state index in [0.717, 1.165) is 35.7 Å². The van der Waals surface area contributed by atoms with Gasteiger partial charge in [0.25, 0.3) is 0 Å². The summed E-state index contributed by atoms with van der Waals surface area (Å²) >= 11 is 5.35. The van der Waals surface area contributed by atoms with Crippen LogP contribution in [0.15, 0.2) is 36.4 Å². The van der Waals surface area contributed by atoms with Crippen molar-refractivity contribution in [2.24, 2.45) is 0 Å². The molecule has 0 amide bonds. The van der Waals surface area contributed by atoms with Crippen LogP contribution in [-0.4, -0.2) is 25.9 Å². The van der Waals surface area contributed by atoms with Gasteiger partial charge in [-0.2, -0.15) is 0 Å². The summed E-state index contributed by atoms with van der Waals surface area (Å²) in [6.45, 7) is 4.93. The van der Waals surface area contributed by atoms with E-state index in [-0.39, 0.29) is 0 Å². The number of rotatable bonds is 6. The first-order chi connectivity index (χ1) is 11.5. The van der Waals surface area contributed by atoms with E-state index in [2.05, 4.69) is 36.6 Å². The van der Waals surface area contributed by atoms with Crippen LogP contribution in [0.5, 0.6) is 11.5 Å². The maximum absolute atomic E-state index is 5.35. The molecule has 2 N–H and O–H groups in total. The monoisotopic (exact) mass is 344 g/mol. The average Bonchev–Trinajstić information content (AvgIpc) is 2.58. The Morgan fingerprint density at radius 3 is 2.38 bits per heavy atom. The average molecular weight is 344 g/mol. The zero-order chi connectivity index (χ0) is 17.5. The topological polar surface area (TPSA) is 42.5 Å². The molecule has 0 bridgehead atoms. The van der Waals surface area contributed by atoms with Crippen LogP contribution in [0, 0.1) is 13.8 Å². The summed E-state index contributed by atoms with van der Waals surface area (Å²) in [7, 11) is 3.28. The summed E-state index contributed by atoms with van der Waals surface area (Å²) in [4.78, 5) is 0. The summed E-state index contributed by atoms with van der Waals surface area (Å²) in [6.07, 6.45) is 0.842. The molecular formula is C19H24N2O2S. The zero-order valence-corrected chi connectivity index (χ0v) is 15.4. The van der Waals surface area contributed by atoms with Crippen molar-refractivity contribution in [3.05, 3.63) is 53.1 Å². The number of methoxy groups -OCH3 is 2. The van der Waals surface area contributed by atoms with Gasteiger partial charge >= 0.3 is 0 Å². The van der Waals surface area contributed by atoms with Gasteiger partial charge in [0.2, 0.25) is 0 Å². The molecule has 4 nitrogen and oxygen atoms in total.